The first-order valence-electron chi connectivity index (χ1n) is 12.2. The van der Waals surface area contributed by atoms with Gasteiger partial charge in [0.1, 0.15) is 31.0 Å². The maximum atomic E-state index is 13.4. The molecule has 9 heteroatoms. The van der Waals surface area contributed by atoms with Crippen LogP contribution in [0, 0.1) is 22.7 Å². The number of epoxide rings is 2. The lowest BCUT2D eigenvalue weighted by Gasteiger charge is -2.63. The Bertz CT molecular complexity index is 806. The molecule has 4 saturated carbocycles. The van der Waals surface area contributed by atoms with E-state index in [-0.39, 0.29) is 49.2 Å². The summed E-state index contributed by atoms with van der Waals surface area (Å²) in [4.78, 5) is 39.3. The van der Waals surface area contributed by atoms with Crippen LogP contribution >= 0.6 is 0 Å². The molecule has 0 radical (unpaired) electrons. The van der Waals surface area contributed by atoms with Crippen LogP contribution in [0.2, 0.25) is 0 Å². The zero-order valence-electron chi connectivity index (χ0n) is 19.5. The SMILES string of the molecule is CCC(C)COC(=O)C12CC3CC(OC(=O)OCC4CO4)(C1)CC(C(=O)OCC1CO1)(C3)C2. The van der Waals surface area contributed by atoms with Gasteiger partial charge in [0.2, 0.25) is 0 Å². The summed E-state index contributed by atoms with van der Waals surface area (Å²) in [6, 6.07) is 0. The van der Waals surface area contributed by atoms with Gasteiger partial charge in [-0.3, -0.25) is 9.59 Å². The van der Waals surface area contributed by atoms with E-state index in [1.54, 1.807) is 0 Å². The predicted octanol–water partition coefficient (Wildman–Crippen LogP) is 2.78. The van der Waals surface area contributed by atoms with Gasteiger partial charge in [0.15, 0.2) is 0 Å². The molecule has 4 aliphatic carbocycles. The number of carbonyl (C=O) groups is 3. The summed E-state index contributed by atoms with van der Waals surface area (Å²) < 4.78 is 32.8. The van der Waals surface area contributed by atoms with E-state index in [4.69, 9.17) is 28.4 Å². The van der Waals surface area contributed by atoms with Crippen molar-refractivity contribution in [2.75, 3.05) is 33.0 Å². The minimum Gasteiger partial charge on any atom is -0.465 e. The van der Waals surface area contributed by atoms with Crippen molar-refractivity contribution in [1.82, 2.24) is 0 Å². The summed E-state index contributed by atoms with van der Waals surface area (Å²) in [7, 11) is 0. The van der Waals surface area contributed by atoms with Gasteiger partial charge in [0, 0.05) is 12.8 Å². The normalized spacial score (nSPS) is 40.6. The van der Waals surface area contributed by atoms with Crippen LogP contribution in [0.15, 0.2) is 0 Å². The molecule has 184 valence electrons. The molecule has 4 bridgehead atoms. The first kappa shape index (κ1) is 22.9. The van der Waals surface area contributed by atoms with E-state index in [1.165, 1.54) is 0 Å². The standard InChI is InChI=1S/C24H34O9/c1-3-15(2)7-30-19(25)22-4-16-5-23(12-22,20(26)31-10-17-8-28-17)14-24(6-16,13-22)33-21(27)32-11-18-9-29-18/h15-18H,3-14H2,1-2H3. The van der Waals surface area contributed by atoms with Crippen LogP contribution < -0.4 is 0 Å². The van der Waals surface area contributed by atoms with Crippen molar-refractivity contribution >= 4 is 18.1 Å². The maximum absolute atomic E-state index is 13.4. The Morgan fingerprint density at radius 3 is 2.03 bits per heavy atom. The molecular weight excluding hydrogens is 432 g/mol. The Balaban J connectivity index is 1.36. The molecule has 6 fully saturated rings. The van der Waals surface area contributed by atoms with Gasteiger partial charge < -0.3 is 28.4 Å². The highest BCUT2D eigenvalue weighted by atomic mass is 16.7. The Hall–Kier alpha value is -1.87. The molecule has 2 aliphatic heterocycles. The minimum absolute atomic E-state index is 0.0397. The number of hydrogen-bond donors (Lipinski definition) is 0. The van der Waals surface area contributed by atoms with Crippen LogP contribution in [0.4, 0.5) is 4.79 Å². The van der Waals surface area contributed by atoms with Gasteiger partial charge in [-0.05, 0) is 37.5 Å². The average molecular weight is 467 g/mol. The molecule has 7 unspecified atom stereocenters. The Morgan fingerprint density at radius 2 is 1.45 bits per heavy atom. The highest BCUT2D eigenvalue weighted by Gasteiger charge is 2.70. The van der Waals surface area contributed by atoms with Gasteiger partial charge in [-0.15, -0.1) is 0 Å². The lowest BCUT2D eigenvalue weighted by atomic mass is 9.42. The fraction of sp³-hybridized carbons (Fsp3) is 0.875. The topological polar surface area (TPSA) is 113 Å². The summed E-state index contributed by atoms with van der Waals surface area (Å²) in [5.74, 6) is -0.289. The third-order valence-corrected chi connectivity index (χ3v) is 7.97. The molecule has 33 heavy (non-hydrogen) atoms. The van der Waals surface area contributed by atoms with E-state index in [0.29, 0.717) is 58.3 Å². The fourth-order valence-electron chi connectivity index (χ4n) is 6.42. The first-order valence-corrected chi connectivity index (χ1v) is 12.2. The Kier molecular flexibility index (Phi) is 5.84. The highest BCUT2D eigenvalue weighted by molar-refractivity contribution is 5.83. The summed E-state index contributed by atoms with van der Waals surface area (Å²) >= 11 is 0. The smallest absolute Gasteiger partial charge is 0.465 e. The number of carbonyl (C=O) groups excluding carboxylic acids is 3. The van der Waals surface area contributed by atoms with Crippen molar-refractivity contribution in [3.05, 3.63) is 0 Å². The number of hydrogen-bond acceptors (Lipinski definition) is 9. The fourth-order valence-corrected chi connectivity index (χ4v) is 6.42. The molecule has 0 spiro atoms. The van der Waals surface area contributed by atoms with Gasteiger partial charge in [-0.25, -0.2) is 4.79 Å². The van der Waals surface area contributed by atoms with Crippen LogP contribution in [0.3, 0.4) is 0 Å². The molecule has 0 aromatic carbocycles. The summed E-state index contributed by atoms with van der Waals surface area (Å²) in [5.41, 5.74) is -2.67. The van der Waals surface area contributed by atoms with E-state index >= 15 is 0 Å². The molecule has 0 amide bonds. The average Bonchev–Trinajstić information content (AvgIpc) is 3.67. The van der Waals surface area contributed by atoms with Crippen molar-refractivity contribution < 1.29 is 42.8 Å². The molecule has 6 rings (SSSR count). The van der Waals surface area contributed by atoms with Gasteiger partial charge >= 0.3 is 18.1 Å². The Morgan fingerprint density at radius 1 is 0.879 bits per heavy atom. The molecule has 0 N–H and O–H groups in total. The lowest BCUT2D eigenvalue weighted by Crippen LogP contribution is -2.65. The monoisotopic (exact) mass is 466 g/mol. The zero-order chi connectivity index (χ0) is 23.3. The van der Waals surface area contributed by atoms with Crippen molar-refractivity contribution in [3.8, 4) is 0 Å². The molecule has 2 heterocycles. The second-order valence-electron chi connectivity index (χ2n) is 11.0. The van der Waals surface area contributed by atoms with Crippen LogP contribution in [-0.4, -0.2) is 68.9 Å². The largest absolute Gasteiger partial charge is 0.508 e. The molecule has 0 aromatic heterocycles. The van der Waals surface area contributed by atoms with Crippen molar-refractivity contribution in [1.29, 1.82) is 0 Å². The van der Waals surface area contributed by atoms with Crippen molar-refractivity contribution in [3.63, 3.8) is 0 Å². The molecule has 9 nitrogen and oxygen atoms in total. The quantitative estimate of drug-likeness (QED) is 0.272. The van der Waals surface area contributed by atoms with Gasteiger partial charge in [0.25, 0.3) is 0 Å². The second kappa shape index (κ2) is 8.41. The van der Waals surface area contributed by atoms with Crippen LogP contribution in [0.5, 0.6) is 0 Å². The van der Waals surface area contributed by atoms with E-state index in [9.17, 15) is 14.4 Å². The van der Waals surface area contributed by atoms with E-state index < -0.39 is 22.6 Å². The second-order valence-corrected chi connectivity index (χ2v) is 11.0. The third kappa shape index (κ3) is 4.71. The zero-order valence-corrected chi connectivity index (χ0v) is 19.5. The first-order chi connectivity index (χ1) is 15.8. The molecular formula is C24H34O9. The van der Waals surface area contributed by atoms with Gasteiger partial charge in [0.05, 0.1) is 30.7 Å². The highest BCUT2D eigenvalue weighted by Crippen LogP contribution is 2.68. The van der Waals surface area contributed by atoms with E-state index in [1.807, 2.05) is 6.92 Å². The molecule has 6 aliphatic rings. The maximum Gasteiger partial charge on any atom is 0.508 e. The molecule has 0 aromatic rings. The molecule has 2 saturated heterocycles. The Labute approximate surface area is 193 Å². The number of rotatable bonds is 10. The van der Waals surface area contributed by atoms with Crippen molar-refractivity contribution in [2.24, 2.45) is 22.7 Å². The predicted molar refractivity (Wildman–Crippen MR) is 112 cm³/mol. The summed E-state index contributed by atoms with van der Waals surface area (Å²) in [5, 5.41) is 0. The van der Waals surface area contributed by atoms with E-state index in [0.717, 1.165) is 6.42 Å². The van der Waals surface area contributed by atoms with Gasteiger partial charge in [-0.1, -0.05) is 20.3 Å². The molecule has 7 atom stereocenters. The number of esters is 2. The van der Waals surface area contributed by atoms with Crippen molar-refractivity contribution in [2.45, 2.75) is 76.6 Å². The third-order valence-electron chi connectivity index (χ3n) is 7.97. The number of ether oxygens (including phenoxy) is 6. The van der Waals surface area contributed by atoms with Crippen LogP contribution in [0.1, 0.15) is 58.8 Å². The van der Waals surface area contributed by atoms with Gasteiger partial charge in [-0.2, -0.15) is 0 Å². The minimum atomic E-state index is -0.939. The van der Waals surface area contributed by atoms with E-state index in [2.05, 4.69) is 6.92 Å². The lowest BCUT2D eigenvalue weighted by molar-refractivity contribution is -0.228. The summed E-state index contributed by atoms with van der Waals surface area (Å²) in [6.07, 6.45) is 2.99. The summed E-state index contributed by atoms with van der Waals surface area (Å²) in [6.45, 7) is 5.97. The van der Waals surface area contributed by atoms with Crippen LogP contribution in [0.25, 0.3) is 0 Å². The van der Waals surface area contributed by atoms with Crippen LogP contribution in [-0.2, 0) is 38.0 Å².